The summed E-state index contributed by atoms with van der Waals surface area (Å²) in [6.07, 6.45) is 1.88. The fourth-order valence-electron chi connectivity index (χ4n) is 4.64. The van der Waals surface area contributed by atoms with Crippen molar-refractivity contribution in [2.45, 2.75) is 25.4 Å². The van der Waals surface area contributed by atoms with E-state index in [9.17, 15) is 4.79 Å². The summed E-state index contributed by atoms with van der Waals surface area (Å²) in [5.41, 5.74) is 3.02. The Bertz CT molecular complexity index is 1150. The fourth-order valence-corrected chi connectivity index (χ4v) is 6.77. The highest BCUT2D eigenvalue weighted by Gasteiger charge is 2.42. The summed E-state index contributed by atoms with van der Waals surface area (Å²) in [4.78, 5) is 17.9. The first-order valence-corrected chi connectivity index (χ1v) is 15.5. The van der Waals surface area contributed by atoms with Crippen LogP contribution in [0.25, 0.3) is 0 Å². The third-order valence-corrected chi connectivity index (χ3v) is 9.07. The highest BCUT2D eigenvalue weighted by Crippen LogP contribution is 2.38. The minimum absolute atomic E-state index is 0.0745. The molecule has 0 aromatic heterocycles. The minimum Gasteiger partial charge on any atom is -0.369 e. The van der Waals surface area contributed by atoms with E-state index in [0.29, 0.717) is 36.4 Å². The van der Waals surface area contributed by atoms with Crippen LogP contribution in [0.4, 0.5) is 5.69 Å². The first kappa shape index (κ1) is 26.9. The standard InChI is InChI=1S/C27H30Cl2IN3O4/c1-20(34)32-10-12-33(13-11-32)23-5-2-21(3-6-23)15-35-24-16-36-27(37-17-24,18-31-9-8-30-19-31)25-7-4-22(28)14-26(25)29/h2-9,14,19,24H,10-13,15-18H2,1H3. The Balaban J connectivity index is 1.17. The number of anilines is 1. The molecule has 0 aliphatic carbocycles. The number of carbonyl (C=O) groups is 1. The van der Waals surface area contributed by atoms with Crippen molar-refractivity contribution in [3.63, 3.8) is 0 Å². The summed E-state index contributed by atoms with van der Waals surface area (Å²) in [6.45, 7) is 6.61. The number of piperazine rings is 1. The normalized spacial score (nSPS) is 23.9. The summed E-state index contributed by atoms with van der Waals surface area (Å²) < 4.78 is 23.3. The number of carbonyl (C=O) groups excluding carboxylic acids is 1. The van der Waals surface area contributed by atoms with Gasteiger partial charge in [0, 0.05) is 59.7 Å². The fraction of sp³-hybridized carbons (Fsp3) is 0.407. The van der Waals surface area contributed by atoms with E-state index in [2.05, 4.69) is 48.5 Å². The number of benzene rings is 2. The maximum Gasteiger partial charge on any atom is 0.219 e. The average molecular weight is 658 g/mol. The molecule has 0 unspecified atom stereocenters. The van der Waals surface area contributed by atoms with Crippen LogP contribution in [0.2, 0.25) is 10.0 Å². The lowest BCUT2D eigenvalue weighted by Crippen LogP contribution is -2.50. The highest BCUT2D eigenvalue weighted by molar-refractivity contribution is 14.2. The molecule has 0 radical (unpaired) electrons. The second-order valence-electron chi connectivity index (χ2n) is 9.26. The van der Waals surface area contributed by atoms with Gasteiger partial charge < -0.3 is 28.9 Å². The molecule has 0 N–H and O–H groups in total. The molecule has 0 saturated carbocycles. The molecule has 5 rings (SSSR count). The quantitative estimate of drug-likeness (QED) is 0.393. The molecule has 2 aromatic carbocycles. The van der Waals surface area contributed by atoms with Gasteiger partial charge in [-0.1, -0.05) is 62.1 Å². The Morgan fingerprint density at radius 2 is 1.81 bits per heavy atom. The van der Waals surface area contributed by atoms with Gasteiger partial charge in [-0.15, -0.1) is 0 Å². The third kappa shape index (κ3) is 6.49. The molecule has 0 spiro atoms. The second kappa shape index (κ2) is 12.0. The average Bonchev–Trinajstić information content (AvgIpc) is 3.41. The van der Waals surface area contributed by atoms with Crippen molar-refractivity contribution in [3.8, 4) is 0 Å². The molecule has 3 aliphatic heterocycles. The molecular weight excluding hydrogens is 628 g/mol. The Morgan fingerprint density at radius 3 is 2.43 bits per heavy atom. The summed E-state index contributed by atoms with van der Waals surface area (Å²) in [5, 5.41) is 1.09. The number of amides is 1. The van der Waals surface area contributed by atoms with Crippen molar-refractivity contribution in [2.75, 3.05) is 50.8 Å². The van der Waals surface area contributed by atoms with Crippen LogP contribution in [-0.4, -0.2) is 71.9 Å². The molecular formula is C27H30Cl2IN3O4. The molecule has 10 heteroatoms. The number of hydrogen-bond acceptors (Lipinski definition) is 6. The van der Waals surface area contributed by atoms with Crippen molar-refractivity contribution in [1.29, 1.82) is 0 Å². The molecule has 3 aliphatic rings. The second-order valence-corrected chi connectivity index (χ2v) is 12.1. The van der Waals surface area contributed by atoms with Gasteiger partial charge in [0.05, 0.1) is 31.4 Å². The van der Waals surface area contributed by atoms with Gasteiger partial charge in [-0.2, -0.15) is 0 Å². The van der Waals surface area contributed by atoms with Crippen molar-refractivity contribution in [3.05, 3.63) is 73.9 Å². The van der Waals surface area contributed by atoms with Crippen LogP contribution in [-0.2, 0) is 31.4 Å². The van der Waals surface area contributed by atoms with E-state index in [1.807, 2.05) is 17.0 Å². The van der Waals surface area contributed by atoms with Gasteiger partial charge in [0.15, 0.2) is 0 Å². The Kier molecular flexibility index (Phi) is 8.73. The zero-order valence-corrected chi connectivity index (χ0v) is 24.3. The van der Waals surface area contributed by atoms with Gasteiger partial charge in [-0.05, 0) is 33.9 Å². The van der Waals surface area contributed by atoms with Gasteiger partial charge in [0.1, 0.15) is 6.10 Å². The van der Waals surface area contributed by atoms with E-state index in [1.54, 1.807) is 13.0 Å². The largest absolute Gasteiger partial charge is 0.369 e. The van der Waals surface area contributed by atoms with Gasteiger partial charge in [-0.25, -0.2) is 0 Å². The molecule has 0 bridgehead atoms. The summed E-state index contributed by atoms with van der Waals surface area (Å²) in [5.74, 6) is -0.853. The van der Waals surface area contributed by atoms with E-state index in [-0.39, 0.29) is 32.7 Å². The summed E-state index contributed by atoms with van der Waals surface area (Å²) in [7, 11) is 0. The minimum atomic E-state index is -0.996. The molecule has 3 heterocycles. The van der Waals surface area contributed by atoms with Crippen molar-refractivity contribution < 1.29 is 19.0 Å². The zero-order valence-electron chi connectivity index (χ0n) is 20.6. The first-order chi connectivity index (χ1) is 17.9. The Morgan fingerprint density at radius 1 is 1.08 bits per heavy atom. The van der Waals surface area contributed by atoms with Crippen molar-refractivity contribution in [1.82, 2.24) is 9.80 Å². The number of halogens is 3. The predicted molar refractivity (Wildman–Crippen MR) is 155 cm³/mol. The van der Waals surface area contributed by atoms with Crippen LogP contribution in [0.3, 0.4) is 0 Å². The summed E-state index contributed by atoms with van der Waals surface area (Å²) >= 11 is 12.6. The molecule has 2 fully saturated rings. The number of hydrogen-bond donors (Lipinski definition) is 0. The third-order valence-electron chi connectivity index (χ3n) is 6.75. The zero-order chi connectivity index (χ0) is 25.8. The lowest BCUT2D eigenvalue weighted by molar-refractivity contribution is -0.308. The molecule has 2 saturated heterocycles. The van der Waals surface area contributed by atoms with Gasteiger partial charge in [0.25, 0.3) is 0 Å². The SMILES string of the molecule is CC(=O)N1CCN(c2ccc(COC3COC(CN4C=CI=C4)(c4ccc(Cl)cc4Cl)OC3)cc2)CC1. The van der Waals surface area contributed by atoms with Crippen LogP contribution < -0.4 is 4.90 Å². The van der Waals surface area contributed by atoms with Crippen molar-refractivity contribution in [2.24, 2.45) is 0 Å². The smallest absolute Gasteiger partial charge is 0.219 e. The van der Waals surface area contributed by atoms with Gasteiger partial charge in [0.2, 0.25) is 11.7 Å². The molecule has 0 atom stereocenters. The molecule has 198 valence electrons. The van der Waals surface area contributed by atoms with E-state index in [1.165, 1.54) is 0 Å². The van der Waals surface area contributed by atoms with E-state index >= 15 is 0 Å². The maximum atomic E-state index is 11.6. The van der Waals surface area contributed by atoms with E-state index in [4.69, 9.17) is 37.4 Å². The van der Waals surface area contributed by atoms with Crippen molar-refractivity contribution >= 4 is 59.7 Å². The van der Waals surface area contributed by atoms with Crippen LogP contribution >= 0.6 is 43.9 Å². The number of nitrogens with zero attached hydrogens (tertiary/aromatic N) is 3. The number of rotatable bonds is 7. The lowest BCUT2D eigenvalue weighted by atomic mass is 10.0. The Labute approximate surface area is 237 Å². The lowest BCUT2D eigenvalue weighted by Gasteiger charge is -2.42. The van der Waals surface area contributed by atoms with Crippen LogP contribution in [0.1, 0.15) is 18.1 Å². The molecule has 37 heavy (non-hydrogen) atoms. The monoisotopic (exact) mass is 657 g/mol. The van der Waals surface area contributed by atoms with E-state index in [0.717, 1.165) is 43.0 Å². The topological polar surface area (TPSA) is 54.5 Å². The highest BCUT2D eigenvalue weighted by atomic mass is 127. The van der Waals surface area contributed by atoms with Crippen LogP contribution in [0, 0.1) is 0 Å². The van der Waals surface area contributed by atoms with Gasteiger partial charge in [-0.3, -0.25) is 4.79 Å². The first-order valence-electron chi connectivity index (χ1n) is 12.2. The Hall–Kier alpha value is -1.69. The van der Waals surface area contributed by atoms with Crippen LogP contribution in [0.5, 0.6) is 0 Å². The maximum absolute atomic E-state index is 11.6. The molecule has 1 amide bonds. The van der Waals surface area contributed by atoms with Gasteiger partial charge >= 0.3 is 0 Å². The predicted octanol–water partition coefficient (Wildman–Crippen LogP) is 4.96. The van der Waals surface area contributed by atoms with E-state index < -0.39 is 5.79 Å². The molecule has 7 nitrogen and oxygen atoms in total. The van der Waals surface area contributed by atoms with Crippen LogP contribution in [0.15, 0.2) is 52.7 Å². The molecule has 2 aromatic rings. The summed E-state index contributed by atoms with van der Waals surface area (Å²) in [6, 6.07) is 13.8. The number of ether oxygens (including phenoxy) is 3.